The third kappa shape index (κ3) is 17.2. The molecule has 0 aliphatic carbocycles. The molecule has 30 nitrogen and oxygen atoms in total. The Hall–Kier alpha value is -6.14. The number of benzene rings is 4. The molecular weight excluding hydrogens is 1130 g/mol. The van der Waals surface area contributed by atoms with Crippen LogP contribution in [0.1, 0.15) is 51.7 Å². The molecule has 0 radical (unpaired) electrons. The molecule has 6 rings (SSSR count). The predicted octanol–water partition coefficient (Wildman–Crippen LogP) is 8.65. The molecule has 2 aromatic heterocycles. The maximum Gasteiger partial charge on any atom is 0.296 e. The Labute approximate surface area is 445 Å². The summed E-state index contributed by atoms with van der Waals surface area (Å²) in [5, 5.41) is 55.1. The van der Waals surface area contributed by atoms with Crippen LogP contribution in [0.5, 0.6) is 0 Å². The molecule has 0 saturated heterocycles. The largest absolute Gasteiger partial charge is 0.352 e. The standard InChI is InChI=1S/C40H44N12O18S6/c1-5-21(3)41-35-48-38(51-39(49-35)45-29-20-28(74(56,57)58)14-15-31(29)72-69-66-54)44-26-12-10-24(34(18-26)76(62,63)64)8-7-23-9-11-25(17-32(23)73-70-67-55)43-37-47-36(42-22(4)6-2)50-40(52-37)46-30-19-27(71-68-65-53)13-16-33(30)75(59,60)61/h7-22,53-55H,5-6H2,1-4H3,(H,56,57,58)(H,59,60,61)(H,62,63,64)(H3,41,44,45,48,49,51)(H3,42,43,46,47,50,52)/b8-7+. The quantitative estimate of drug-likeness (QED) is 0.00718. The van der Waals surface area contributed by atoms with Crippen molar-refractivity contribution in [1.82, 2.24) is 29.9 Å². The highest BCUT2D eigenvalue weighted by molar-refractivity contribution is 7.95. The molecule has 0 aliphatic rings. The molecule has 0 fully saturated rings. The molecule has 36 heteroatoms. The predicted molar refractivity (Wildman–Crippen MR) is 276 cm³/mol. The van der Waals surface area contributed by atoms with Gasteiger partial charge in [-0.05, 0) is 98.5 Å². The van der Waals surface area contributed by atoms with E-state index in [0.29, 0.717) is 60.2 Å². The first-order valence-electron chi connectivity index (χ1n) is 21.3. The highest BCUT2D eigenvalue weighted by Gasteiger charge is 2.22. The summed E-state index contributed by atoms with van der Waals surface area (Å²) in [6.45, 7) is 7.50. The Morgan fingerprint density at radius 1 is 0.500 bits per heavy atom. The van der Waals surface area contributed by atoms with Gasteiger partial charge in [0, 0.05) is 33.2 Å². The smallest absolute Gasteiger partial charge is 0.296 e. The normalized spacial score (nSPS) is 12.8. The average molecular weight is 1170 g/mol. The van der Waals surface area contributed by atoms with E-state index in [1.807, 2.05) is 27.7 Å². The molecule has 2 unspecified atom stereocenters. The lowest BCUT2D eigenvalue weighted by Gasteiger charge is -2.16. The van der Waals surface area contributed by atoms with Crippen molar-refractivity contribution in [3.8, 4) is 0 Å². The minimum absolute atomic E-state index is 0.0115. The van der Waals surface area contributed by atoms with Gasteiger partial charge >= 0.3 is 0 Å². The van der Waals surface area contributed by atoms with Gasteiger partial charge < -0.3 is 31.9 Å². The molecule has 2 atom stereocenters. The Bertz CT molecular complexity index is 3390. The lowest BCUT2D eigenvalue weighted by Crippen LogP contribution is -2.17. The number of nitrogens with zero attached hydrogens (tertiary/aromatic N) is 6. The second kappa shape index (κ2) is 26.8. The van der Waals surface area contributed by atoms with E-state index in [-0.39, 0.29) is 85.1 Å². The lowest BCUT2D eigenvalue weighted by atomic mass is 10.1. The maximum atomic E-state index is 12.9. The number of nitrogens with one attached hydrogen (secondary N) is 6. The fourth-order valence-electron chi connectivity index (χ4n) is 6.11. The molecule has 76 heavy (non-hydrogen) atoms. The number of hydrogen-bond acceptors (Lipinski definition) is 30. The van der Waals surface area contributed by atoms with Crippen molar-refractivity contribution in [3.05, 3.63) is 83.9 Å². The van der Waals surface area contributed by atoms with Crippen molar-refractivity contribution >= 4 is 137 Å². The van der Waals surface area contributed by atoms with Crippen molar-refractivity contribution in [3.63, 3.8) is 0 Å². The van der Waals surface area contributed by atoms with Crippen molar-refractivity contribution in [2.24, 2.45) is 0 Å². The molecule has 0 saturated carbocycles. The molecule has 6 aromatic rings. The van der Waals surface area contributed by atoms with E-state index in [9.17, 15) is 38.9 Å². The first-order valence-corrected chi connectivity index (χ1v) is 27.9. The van der Waals surface area contributed by atoms with Gasteiger partial charge in [-0.25, -0.2) is 15.8 Å². The van der Waals surface area contributed by atoms with Gasteiger partial charge in [-0.2, -0.15) is 55.2 Å². The maximum absolute atomic E-state index is 12.9. The fraction of sp³-hybridized carbons (Fsp3) is 0.200. The third-order valence-electron chi connectivity index (χ3n) is 9.95. The zero-order valence-corrected chi connectivity index (χ0v) is 44.3. The number of hydrogen-bond donors (Lipinski definition) is 12. The van der Waals surface area contributed by atoms with Crippen LogP contribution in [0.3, 0.4) is 0 Å². The molecule has 0 spiro atoms. The molecule has 0 amide bonds. The van der Waals surface area contributed by atoms with Gasteiger partial charge in [0.2, 0.25) is 35.7 Å². The van der Waals surface area contributed by atoms with E-state index >= 15 is 0 Å². The highest BCUT2D eigenvalue weighted by atomic mass is 32.2. The van der Waals surface area contributed by atoms with Crippen LogP contribution in [0.15, 0.2) is 102 Å². The van der Waals surface area contributed by atoms with Gasteiger partial charge in [0.15, 0.2) is 0 Å². The number of aromatic nitrogens is 6. The molecular formula is C40H44N12O18S6. The van der Waals surface area contributed by atoms with Gasteiger partial charge in [-0.3, -0.25) is 13.7 Å². The third-order valence-corrected chi connectivity index (χ3v) is 14.5. The minimum Gasteiger partial charge on any atom is -0.352 e. The van der Waals surface area contributed by atoms with Crippen LogP contribution in [0, 0.1) is 0 Å². The Balaban J connectivity index is 1.31. The van der Waals surface area contributed by atoms with Gasteiger partial charge in [0.1, 0.15) is 9.79 Å². The summed E-state index contributed by atoms with van der Waals surface area (Å²) in [7, 11) is -14.4. The van der Waals surface area contributed by atoms with Crippen LogP contribution in [0.2, 0.25) is 0 Å². The summed E-state index contributed by atoms with van der Waals surface area (Å²) < 4.78 is 118. The van der Waals surface area contributed by atoms with Gasteiger partial charge in [0.25, 0.3) is 30.4 Å². The Morgan fingerprint density at radius 3 is 1.50 bits per heavy atom. The van der Waals surface area contributed by atoms with Crippen molar-refractivity contribution < 1.29 is 82.8 Å². The van der Waals surface area contributed by atoms with E-state index in [0.717, 1.165) is 24.3 Å². The van der Waals surface area contributed by atoms with Crippen LogP contribution < -0.4 is 31.9 Å². The summed E-state index contributed by atoms with van der Waals surface area (Å²) in [6, 6.07) is 15.1. The monoisotopic (exact) mass is 1170 g/mol. The fourth-order valence-corrected chi connectivity index (χ4v) is 9.29. The molecule has 4 aromatic carbocycles. The molecule has 408 valence electrons. The van der Waals surface area contributed by atoms with Crippen LogP contribution in [-0.2, 0) is 58.5 Å². The summed E-state index contributed by atoms with van der Waals surface area (Å²) in [6.07, 6.45) is 4.09. The zero-order valence-electron chi connectivity index (χ0n) is 39.4. The second-order valence-corrected chi connectivity index (χ2v) is 21.7. The summed E-state index contributed by atoms with van der Waals surface area (Å²) in [5.41, 5.74) is 0.470. The van der Waals surface area contributed by atoms with E-state index in [4.69, 9.17) is 20.1 Å². The van der Waals surface area contributed by atoms with Gasteiger partial charge in [-0.15, -0.1) is 13.0 Å². The average Bonchev–Trinajstić information content (AvgIpc) is 3.36. The molecule has 0 bridgehead atoms. The summed E-state index contributed by atoms with van der Waals surface area (Å²) in [4.78, 5) is 25.1. The summed E-state index contributed by atoms with van der Waals surface area (Å²) >= 11 is 1.52. The van der Waals surface area contributed by atoms with Crippen LogP contribution >= 0.6 is 36.1 Å². The number of anilines is 10. The minimum atomic E-state index is -4.94. The van der Waals surface area contributed by atoms with E-state index < -0.39 is 45.0 Å². The van der Waals surface area contributed by atoms with E-state index in [1.165, 1.54) is 48.6 Å². The number of rotatable bonds is 28. The van der Waals surface area contributed by atoms with Gasteiger partial charge in [0.05, 0.1) is 57.3 Å². The topological polar surface area (TPSA) is 429 Å². The van der Waals surface area contributed by atoms with E-state index in [2.05, 4.69) is 85.6 Å². The Kier molecular flexibility index (Phi) is 20.8. The zero-order chi connectivity index (χ0) is 55.2. The highest BCUT2D eigenvalue weighted by Crippen LogP contribution is 2.35. The SMILES string of the molecule is CCC(C)Nc1nc(Nc2ccc(/C=C/c3ccc(Nc4nc(Nc5cc(SOOO)ccc5S(=O)(=O)O)nc(NC(C)CC)n4)cc3SOOO)c(S(=O)(=O)O)c2)nc(Nc2cc(S(=O)(=O)O)ccc2SOOO)n1. The first-order chi connectivity index (χ1) is 36.1. The molecule has 0 aliphatic heterocycles. The van der Waals surface area contributed by atoms with Crippen molar-refractivity contribution in [2.75, 3.05) is 31.9 Å². The lowest BCUT2D eigenvalue weighted by molar-refractivity contribution is -0.432. The first kappa shape index (κ1) is 59.1. The van der Waals surface area contributed by atoms with Crippen LogP contribution in [0.4, 0.5) is 58.4 Å². The van der Waals surface area contributed by atoms with Gasteiger partial charge in [-0.1, -0.05) is 53.2 Å². The Morgan fingerprint density at radius 2 is 0.974 bits per heavy atom. The molecule has 2 heterocycles. The van der Waals surface area contributed by atoms with Crippen LogP contribution in [-0.4, -0.2) is 96.7 Å². The van der Waals surface area contributed by atoms with Crippen molar-refractivity contribution in [1.29, 1.82) is 0 Å². The van der Waals surface area contributed by atoms with E-state index in [1.54, 1.807) is 12.1 Å². The van der Waals surface area contributed by atoms with Crippen molar-refractivity contribution in [2.45, 2.75) is 82.0 Å². The summed E-state index contributed by atoms with van der Waals surface area (Å²) in [5.74, 6) is -0.598. The second-order valence-electron chi connectivity index (χ2n) is 15.3. The van der Waals surface area contributed by atoms with Crippen LogP contribution in [0.25, 0.3) is 12.2 Å². The molecule has 12 N–H and O–H groups in total.